The van der Waals surface area contributed by atoms with Gasteiger partial charge in [-0.25, -0.2) is 4.79 Å². The maximum absolute atomic E-state index is 11.0. The second kappa shape index (κ2) is 5.74. The minimum Gasteiger partial charge on any atom is -0.317 e. The van der Waals surface area contributed by atoms with E-state index in [9.17, 15) is 4.79 Å². The van der Waals surface area contributed by atoms with E-state index in [1.165, 1.54) is 11.1 Å². The van der Waals surface area contributed by atoms with Crippen molar-refractivity contribution in [2.75, 3.05) is 5.88 Å². The number of carbonyl (C=O) groups is 1. The van der Waals surface area contributed by atoms with Crippen molar-refractivity contribution in [3.8, 4) is 0 Å². The summed E-state index contributed by atoms with van der Waals surface area (Å²) in [5.41, 5.74) is 3.55. The number of hydrogen-bond donors (Lipinski definition) is 0. The summed E-state index contributed by atoms with van der Waals surface area (Å²) in [7, 11) is 0. The summed E-state index contributed by atoms with van der Waals surface area (Å²) in [6.07, 6.45) is 7.18. The first-order valence-corrected chi connectivity index (χ1v) is 6.96. The van der Waals surface area contributed by atoms with Gasteiger partial charge in [0.2, 0.25) is 0 Å². The lowest BCUT2D eigenvalue weighted by Crippen LogP contribution is -2.07. The number of allylic oxidation sites excluding steroid dienone is 5. The van der Waals surface area contributed by atoms with Gasteiger partial charge in [0.15, 0.2) is 0 Å². The number of nitrogens with zero attached hydrogens (tertiary/aromatic N) is 1. The molecule has 1 fully saturated rings. The van der Waals surface area contributed by atoms with Crippen molar-refractivity contribution in [1.29, 1.82) is 0 Å². The molecule has 2 aliphatic carbocycles. The standard InChI is InChI=1S/C15H18ClNO2/c1-4-6-11-10(5-2)7-12-14(15(11)12)9(3)17-19-13(18)8-16/h4-6,12,14-15H,2,7-8H2,1,3H3/b6-4-,17-9-. The van der Waals surface area contributed by atoms with Gasteiger partial charge in [0.25, 0.3) is 0 Å². The maximum atomic E-state index is 11.0. The first-order valence-electron chi connectivity index (χ1n) is 6.42. The highest BCUT2D eigenvalue weighted by Gasteiger charge is 2.57. The smallest absolute Gasteiger partial charge is 0.317 e. The van der Waals surface area contributed by atoms with Gasteiger partial charge in [-0.2, -0.15) is 0 Å². The Bertz CT molecular complexity index is 490. The third-order valence-electron chi connectivity index (χ3n) is 3.83. The van der Waals surface area contributed by atoms with Crippen LogP contribution in [0.5, 0.6) is 0 Å². The molecule has 0 aliphatic heterocycles. The van der Waals surface area contributed by atoms with Crippen LogP contribution >= 0.6 is 11.6 Å². The van der Waals surface area contributed by atoms with Gasteiger partial charge in [-0.1, -0.05) is 30.0 Å². The second-order valence-corrected chi connectivity index (χ2v) is 5.20. The molecule has 2 aliphatic rings. The van der Waals surface area contributed by atoms with Crippen molar-refractivity contribution in [3.63, 3.8) is 0 Å². The van der Waals surface area contributed by atoms with Crippen LogP contribution in [0.25, 0.3) is 0 Å². The molecule has 0 saturated heterocycles. The highest BCUT2D eigenvalue weighted by Crippen LogP contribution is 2.61. The number of halogens is 1. The van der Waals surface area contributed by atoms with Gasteiger partial charge in [0.05, 0.1) is 5.71 Å². The molecule has 2 rings (SSSR count). The minimum absolute atomic E-state index is 0.168. The predicted octanol–water partition coefficient (Wildman–Crippen LogP) is 3.47. The number of fused-ring (bicyclic) bond motifs is 1. The van der Waals surface area contributed by atoms with E-state index in [2.05, 4.69) is 23.9 Å². The highest BCUT2D eigenvalue weighted by atomic mass is 35.5. The SMILES string of the molecule is C=CC1=C(/C=C\C)C2C(C1)C2/C(C)=N\OC(=O)CCl. The largest absolute Gasteiger partial charge is 0.349 e. The highest BCUT2D eigenvalue weighted by molar-refractivity contribution is 6.26. The summed E-state index contributed by atoms with van der Waals surface area (Å²) >= 11 is 5.36. The molecular weight excluding hydrogens is 262 g/mol. The zero-order valence-electron chi connectivity index (χ0n) is 11.2. The molecule has 1 saturated carbocycles. The van der Waals surface area contributed by atoms with Gasteiger partial charge in [0, 0.05) is 5.92 Å². The van der Waals surface area contributed by atoms with Crippen LogP contribution in [-0.2, 0) is 9.63 Å². The number of carbonyl (C=O) groups excluding carboxylic acids is 1. The fourth-order valence-electron chi connectivity index (χ4n) is 3.01. The van der Waals surface area contributed by atoms with Crippen LogP contribution in [0.1, 0.15) is 20.3 Å². The van der Waals surface area contributed by atoms with E-state index in [-0.39, 0.29) is 5.88 Å². The van der Waals surface area contributed by atoms with E-state index in [0.29, 0.717) is 17.8 Å². The summed E-state index contributed by atoms with van der Waals surface area (Å²) in [5, 5.41) is 3.90. The van der Waals surface area contributed by atoms with E-state index in [1.807, 2.05) is 19.9 Å². The molecule has 4 heteroatoms. The molecule has 0 aromatic carbocycles. The first kappa shape index (κ1) is 14.1. The van der Waals surface area contributed by atoms with Crippen LogP contribution in [0.3, 0.4) is 0 Å². The molecule has 3 unspecified atom stereocenters. The summed E-state index contributed by atoms with van der Waals surface area (Å²) in [6, 6.07) is 0. The number of hydrogen-bond acceptors (Lipinski definition) is 3. The van der Waals surface area contributed by atoms with Crippen LogP contribution in [-0.4, -0.2) is 17.6 Å². The lowest BCUT2D eigenvalue weighted by molar-refractivity contribution is -0.140. The predicted molar refractivity (Wildman–Crippen MR) is 77.0 cm³/mol. The molecule has 0 N–H and O–H groups in total. The lowest BCUT2D eigenvalue weighted by Gasteiger charge is -2.06. The van der Waals surface area contributed by atoms with Crippen LogP contribution in [0, 0.1) is 17.8 Å². The average molecular weight is 280 g/mol. The van der Waals surface area contributed by atoms with Crippen molar-refractivity contribution < 1.29 is 9.63 Å². The summed E-state index contributed by atoms with van der Waals surface area (Å²) in [4.78, 5) is 15.7. The summed E-state index contributed by atoms with van der Waals surface area (Å²) < 4.78 is 0. The van der Waals surface area contributed by atoms with Gasteiger partial charge in [0.1, 0.15) is 5.88 Å². The van der Waals surface area contributed by atoms with Crippen LogP contribution in [0.15, 0.2) is 41.1 Å². The van der Waals surface area contributed by atoms with Gasteiger partial charge >= 0.3 is 5.97 Å². The van der Waals surface area contributed by atoms with E-state index in [4.69, 9.17) is 16.4 Å². The molecule has 0 aromatic rings. The Balaban J connectivity index is 2.07. The van der Waals surface area contributed by atoms with Gasteiger partial charge in [-0.3, -0.25) is 0 Å². The average Bonchev–Trinajstić information content (AvgIpc) is 3.02. The van der Waals surface area contributed by atoms with Crippen molar-refractivity contribution in [1.82, 2.24) is 0 Å². The fraction of sp³-hybridized carbons (Fsp3) is 0.467. The van der Waals surface area contributed by atoms with Crippen molar-refractivity contribution in [2.45, 2.75) is 20.3 Å². The normalized spacial score (nSPS) is 29.6. The third kappa shape index (κ3) is 2.66. The van der Waals surface area contributed by atoms with E-state index in [1.54, 1.807) is 0 Å². The number of alkyl halides is 1. The van der Waals surface area contributed by atoms with Gasteiger partial charge < -0.3 is 4.84 Å². The maximum Gasteiger partial charge on any atom is 0.349 e. The van der Waals surface area contributed by atoms with Crippen molar-refractivity contribution >= 4 is 23.3 Å². The van der Waals surface area contributed by atoms with Gasteiger partial charge in [-0.15, -0.1) is 11.6 Å². The lowest BCUT2D eigenvalue weighted by atomic mass is 10.0. The van der Waals surface area contributed by atoms with Crippen LogP contribution < -0.4 is 0 Å². The molecule has 0 bridgehead atoms. The van der Waals surface area contributed by atoms with Crippen LogP contribution in [0.4, 0.5) is 0 Å². The van der Waals surface area contributed by atoms with Crippen LogP contribution in [0.2, 0.25) is 0 Å². The Labute approximate surface area is 118 Å². The molecule has 0 heterocycles. The van der Waals surface area contributed by atoms with E-state index in [0.717, 1.165) is 12.1 Å². The minimum atomic E-state index is -0.511. The second-order valence-electron chi connectivity index (χ2n) is 4.93. The Morgan fingerprint density at radius 1 is 1.63 bits per heavy atom. The molecule has 3 atom stereocenters. The Morgan fingerprint density at radius 2 is 2.37 bits per heavy atom. The Morgan fingerprint density at radius 3 is 2.95 bits per heavy atom. The fourth-order valence-corrected chi connectivity index (χ4v) is 3.06. The Hall–Kier alpha value is -1.35. The third-order valence-corrected chi connectivity index (χ3v) is 4.05. The van der Waals surface area contributed by atoms with E-state index >= 15 is 0 Å². The number of oxime groups is 1. The van der Waals surface area contributed by atoms with E-state index < -0.39 is 5.97 Å². The molecule has 0 spiro atoms. The molecule has 102 valence electrons. The quantitative estimate of drug-likeness (QED) is 0.334. The zero-order chi connectivity index (χ0) is 14.0. The molecule has 19 heavy (non-hydrogen) atoms. The topological polar surface area (TPSA) is 38.7 Å². The van der Waals surface area contributed by atoms with Crippen molar-refractivity contribution in [2.24, 2.45) is 22.9 Å². The van der Waals surface area contributed by atoms with Crippen molar-refractivity contribution in [3.05, 3.63) is 36.0 Å². The summed E-state index contributed by atoms with van der Waals surface area (Å²) in [5.74, 6) is 0.791. The summed E-state index contributed by atoms with van der Waals surface area (Å²) in [6.45, 7) is 7.79. The molecule has 0 aromatic heterocycles. The molecular formula is C15H18ClNO2. The first-order chi connectivity index (χ1) is 9.13. The molecule has 3 nitrogen and oxygen atoms in total. The Kier molecular flexibility index (Phi) is 4.25. The zero-order valence-corrected chi connectivity index (χ0v) is 12.0. The van der Waals surface area contributed by atoms with Gasteiger partial charge in [-0.05, 0) is 43.3 Å². The number of rotatable bonds is 5. The monoisotopic (exact) mass is 279 g/mol. The molecule has 0 radical (unpaired) electrons. The molecule has 0 amide bonds.